The summed E-state index contributed by atoms with van der Waals surface area (Å²) < 4.78 is 10.6. The first-order valence-corrected chi connectivity index (χ1v) is 13.4. The van der Waals surface area contributed by atoms with Crippen LogP contribution in [-0.4, -0.2) is 76.8 Å². The maximum atomic E-state index is 13.2. The molecule has 1 saturated heterocycles. The molecule has 11 nitrogen and oxygen atoms in total. The number of benzene rings is 1. The molecular formula is C31H29N7O4. The van der Waals surface area contributed by atoms with Crippen molar-refractivity contribution in [2.24, 2.45) is 0 Å². The Morgan fingerprint density at radius 2 is 1.57 bits per heavy atom. The van der Waals surface area contributed by atoms with Crippen molar-refractivity contribution in [3.05, 3.63) is 95.7 Å². The van der Waals surface area contributed by atoms with E-state index >= 15 is 0 Å². The largest absolute Gasteiger partial charge is 0.497 e. The standard InChI is InChI=1S/C31H29N7O4/c1-3-42-27-17-23(19-33-21-27)5-4-22-16-24(20-32-18-22)31(40)38-14-12-37(13-15-38)29-11-10-28(35-36-29)30(39)34-25-6-8-26(41-2)9-7-25/h6-11,16-21H,3,12-15H2,1-2H3,(H,34,39). The normalized spacial score (nSPS) is 12.6. The van der Waals surface area contributed by atoms with Crippen molar-refractivity contribution < 1.29 is 19.1 Å². The number of nitrogens with zero attached hydrogens (tertiary/aromatic N) is 6. The summed E-state index contributed by atoms with van der Waals surface area (Å²) in [4.78, 5) is 37.9. The fourth-order valence-electron chi connectivity index (χ4n) is 4.31. The summed E-state index contributed by atoms with van der Waals surface area (Å²) in [5, 5.41) is 11.1. The molecule has 0 radical (unpaired) electrons. The molecule has 42 heavy (non-hydrogen) atoms. The summed E-state index contributed by atoms with van der Waals surface area (Å²) in [6, 6.07) is 14.0. The Balaban J connectivity index is 1.16. The second kappa shape index (κ2) is 13.2. The zero-order chi connectivity index (χ0) is 29.3. The third kappa shape index (κ3) is 6.98. The van der Waals surface area contributed by atoms with Crippen LogP contribution in [0.2, 0.25) is 0 Å². The zero-order valence-electron chi connectivity index (χ0n) is 23.3. The van der Waals surface area contributed by atoms with E-state index in [1.807, 2.05) is 17.9 Å². The topological polar surface area (TPSA) is 123 Å². The van der Waals surface area contributed by atoms with Crippen molar-refractivity contribution >= 4 is 23.3 Å². The molecule has 0 bridgehead atoms. The Labute approximate surface area is 243 Å². The highest BCUT2D eigenvalue weighted by atomic mass is 16.5. The molecule has 1 aromatic carbocycles. The smallest absolute Gasteiger partial charge is 0.276 e. The Kier molecular flexibility index (Phi) is 8.84. The molecule has 1 aliphatic heterocycles. The number of carbonyl (C=O) groups is 2. The molecule has 1 aliphatic rings. The van der Waals surface area contributed by atoms with Gasteiger partial charge >= 0.3 is 0 Å². The summed E-state index contributed by atoms with van der Waals surface area (Å²) in [5.41, 5.74) is 2.65. The molecule has 1 fully saturated rings. The van der Waals surface area contributed by atoms with E-state index in [1.165, 1.54) is 0 Å². The molecule has 0 spiro atoms. The summed E-state index contributed by atoms with van der Waals surface area (Å²) in [6.07, 6.45) is 6.48. The van der Waals surface area contributed by atoms with Crippen molar-refractivity contribution in [3.63, 3.8) is 0 Å². The summed E-state index contributed by atoms with van der Waals surface area (Å²) in [7, 11) is 1.58. The van der Waals surface area contributed by atoms with Crippen LogP contribution >= 0.6 is 0 Å². The number of piperazine rings is 1. The molecule has 3 aromatic heterocycles. The van der Waals surface area contributed by atoms with E-state index in [-0.39, 0.29) is 17.5 Å². The molecule has 1 N–H and O–H groups in total. The fraction of sp³-hybridized carbons (Fsp3) is 0.226. The van der Waals surface area contributed by atoms with Gasteiger partial charge in [-0.05, 0) is 55.5 Å². The Morgan fingerprint density at radius 3 is 2.24 bits per heavy atom. The van der Waals surface area contributed by atoms with Crippen LogP contribution in [0.4, 0.5) is 11.5 Å². The molecule has 0 unspecified atom stereocenters. The van der Waals surface area contributed by atoms with Gasteiger partial charge in [-0.3, -0.25) is 19.6 Å². The molecule has 0 aliphatic carbocycles. The lowest BCUT2D eigenvalue weighted by Gasteiger charge is -2.35. The summed E-state index contributed by atoms with van der Waals surface area (Å²) in [5.74, 6) is 7.64. The van der Waals surface area contributed by atoms with E-state index in [0.29, 0.717) is 72.5 Å². The summed E-state index contributed by atoms with van der Waals surface area (Å²) >= 11 is 0. The van der Waals surface area contributed by atoms with Gasteiger partial charge in [0.2, 0.25) is 0 Å². The number of carbonyl (C=O) groups excluding carboxylic acids is 2. The van der Waals surface area contributed by atoms with Gasteiger partial charge < -0.3 is 24.6 Å². The number of pyridine rings is 2. The van der Waals surface area contributed by atoms with Crippen molar-refractivity contribution in [3.8, 4) is 23.3 Å². The van der Waals surface area contributed by atoms with Crippen molar-refractivity contribution in [2.75, 3.05) is 50.1 Å². The Bertz CT molecular complexity index is 1610. The van der Waals surface area contributed by atoms with E-state index < -0.39 is 0 Å². The van der Waals surface area contributed by atoms with Gasteiger partial charge in [0.25, 0.3) is 11.8 Å². The van der Waals surface area contributed by atoms with Crippen LogP contribution in [0.5, 0.6) is 11.5 Å². The van der Waals surface area contributed by atoms with E-state index in [2.05, 4.69) is 37.3 Å². The number of hydrogen-bond donors (Lipinski definition) is 1. The minimum Gasteiger partial charge on any atom is -0.497 e. The lowest BCUT2D eigenvalue weighted by atomic mass is 10.1. The van der Waals surface area contributed by atoms with Crippen molar-refractivity contribution in [1.82, 2.24) is 25.1 Å². The number of aromatic nitrogens is 4. The van der Waals surface area contributed by atoms with Gasteiger partial charge in [0.1, 0.15) is 11.5 Å². The summed E-state index contributed by atoms with van der Waals surface area (Å²) in [6.45, 7) is 4.62. The highest BCUT2D eigenvalue weighted by Crippen LogP contribution is 2.18. The first-order valence-electron chi connectivity index (χ1n) is 13.4. The number of methoxy groups -OCH3 is 1. The number of anilines is 2. The van der Waals surface area contributed by atoms with Gasteiger partial charge in [0.05, 0.1) is 25.5 Å². The van der Waals surface area contributed by atoms with Crippen molar-refractivity contribution in [1.29, 1.82) is 0 Å². The maximum Gasteiger partial charge on any atom is 0.276 e. The fourth-order valence-corrected chi connectivity index (χ4v) is 4.31. The van der Waals surface area contributed by atoms with E-state index in [4.69, 9.17) is 9.47 Å². The van der Waals surface area contributed by atoms with Crippen LogP contribution < -0.4 is 19.7 Å². The van der Waals surface area contributed by atoms with Gasteiger partial charge in [-0.15, -0.1) is 10.2 Å². The first-order chi connectivity index (χ1) is 20.5. The number of rotatable bonds is 7. The lowest BCUT2D eigenvalue weighted by molar-refractivity contribution is 0.0745. The maximum absolute atomic E-state index is 13.2. The Hall–Kier alpha value is -5.50. The second-order valence-corrected chi connectivity index (χ2v) is 9.29. The minimum atomic E-state index is -0.356. The third-order valence-electron chi connectivity index (χ3n) is 6.48. The monoisotopic (exact) mass is 563 g/mol. The number of nitrogens with one attached hydrogen (secondary N) is 1. The molecule has 5 rings (SSSR count). The molecule has 11 heteroatoms. The zero-order valence-corrected chi connectivity index (χ0v) is 23.3. The van der Waals surface area contributed by atoms with Gasteiger partial charge in [0.15, 0.2) is 11.5 Å². The van der Waals surface area contributed by atoms with Gasteiger partial charge in [-0.25, -0.2) is 0 Å². The lowest BCUT2D eigenvalue weighted by Crippen LogP contribution is -2.49. The molecular weight excluding hydrogens is 534 g/mol. The second-order valence-electron chi connectivity index (χ2n) is 9.29. The SMILES string of the molecule is CCOc1cncc(C#Cc2cncc(C(=O)N3CCN(c4ccc(C(=O)Nc5ccc(OC)cc5)nn4)CC3)c2)c1. The van der Waals surface area contributed by atoms with E-state index in [1.54, 1.807) is 79.3 Å². The highest BCUT2D eigenvalue weighted by molar-refractivity contribution is 6.02. The van der Waals surface area contributed by atoms with Crippen molar-refractivity contribution in [2.45, 2.75) is 6.92 Å². The first kappa shape index (κ1) is 28.0. The average Bonchev–Trinajstić information content (AvgIpc) is 3.04. The molecule has 0 saturated carbocycles. The molecule has 212 valence electrons. The predicted octanol–water partition coefficient (Wildman–Crippen LogP) is 3.29. The molecule has 4 heterocycles. The minimum absolute atomic E-state index is 0.109. The van der Waals surface area contributed by atoms with Crippen LogP contribution in [0.25, 0.3) is 0 Å². The third-order valence-corrected chi connectivity index (χ3v) is 6.48. The van der Waals surface area contributed by atoms with Crippen LogP contribution in [0.1, 0.15) is 38.9 Å². The van der Waals surface area contributed by atoms with Gasteiger partial charge in [-0.2, -0.15) is 0 Å². The molecule has 2 amide bonds. The predicted molar refractivity (Wildman–Crippen MR) is 157 cm³/mol. The number of ether oxygens (including phenoxy) is 2. The number of hydrogen-bond acceptors (Lipinski definition) is 9. The highest BCUT2D eigenvalue weighted by Gasteiger charge is 2.24. The van der Waals surface area contributed by atoms with E-state index in [9.17, 15) is 9.59 Å². The van der Waals surface area contributed by atoms with Crippen LogP contribution in [0.15, 0.2) is 73.3 Å². The quantitative estimate of drug-likeness (QED) is 0.338. The van der Waals surface area contributed by atoms with Crippen LogP contribution in [0, 0.1) is 11.8 Å². The number of amides is 2. The molecule has 4 aromatic rings. The van der Waals surface area contributed by atoms with Crippen LogP contribution in [-0.2, 0) is 0 Å². The average molecular weight is 564 g/mol. The van der Waals surface area contributed by atoms with E-state index in [0.717, 1.165) is 0 Å². The van der Waals surface area contributed by atoms with Gasteiger partial charge in [0, 0.05) is 61.6 Å². The molecule has 0 atom stereocenters. The van der Waals surface area contributed by atoms with Crippen LogP contribution in [0.3, 0.4) is 0 Å². The Morgan fingerprint density at radius 1 is 0.857 bits per heavy atom. The van der Waals surface area contributed by atoms with Gasteiger partial charge in [-0.1, -0.05) is 11.8 Å².